The predicted molar refractivity (Wildman–Crippen MR) is 195 cm³/mol. The first-order valence-corrected chi connectivity index (χ1v) is 15.8. The molecule has 0 aliphatic heterocycles. The molecule has 0 saturated carbocycles. The van der Waals surface area contributed by atoms with Crippen LogP contribution in [0.15, 0.2) is 164 Å². The van der Waals surface area contributed by atoms with Crippen LogP contribution in [0.25, 0.3) is 66.2 Å². The van der Waals surface area contributed by atoms with Gasteiger partial charge in [-0.2, -0.15) is 0 Å². The summed E-state index contributed by atoms with van der Waals surface area (Å²) < 4.78 is 0. The molecule has 0 bridgehead atoms. The van der Waals surface area contributed by atoms with Crippen molar-refractivity contribution in [3.05, 3.63) is 181 Å². The van der Waals surface area contributed by atoms with E-state index < -0.39 is 0 Å². The van der Waals surface area contributed by atoms with Gasteiger partial charge < -0.3 is 0 Å². The van der Waals surface area contributed by atoms with E-state index in [4.69, 9.17) is 0 Å². The molecule has 45 heavy (non-hydrogen) atoms. The van der Waals surface area contributed by atoms with Gasteiger partial charge in [-0.3, -0.25) is 0 Å². The quantitative estimate of drug-likeness (QED) is 0.184. The largest absolute Gasteiger partial charge is 0.0738 e. The van der Waals surface area contributed by atoms with E-state index in [9.17, 15) is 0 Å². The SMILES string of the molecule is CC1(C)/C=C/C(c2ccc3cc(-c4cccc(-c5cc6ccccc6c6ccccc56)c4)ccc3c2)=C\C=C\c2ccccc21. The molecule has 1 aliphatic carbocycles. The number of fused-ring (bicyclic) bond motifs is 5. The molecule has 1 aliphatic rings. The van der Waals surface area contributed by atoms with Crippen LogP contribution in [0, 0.1) is 0 Å². The minimum absolute atomic E-state index is 0.0657. The fraction of sp³-hybridized carbons (Fsp3) is 0.0667. The van der Waals surface area contributed by atoms with E-state index in [1.165, 1.54) is 76.8 Å². The van der Waals surface area contributed by atoms with Gasteiger partial charge in [-0.15, -0.1) is 0 Å². The zero-order chi connectivity index (χ0) is 30.4. The van der Waals surface area contributed by atoms with Crippen LogP contribution in [0.4, 0.5) is 0 Å². The minimum Gasteiger partial charge on any atom is -0.0738 e. The summed E-state index contributed by atoms with van der Waals surface area (Å²) in [7, 11) is 0. The van der Waals surface area contributed by atoms with E-state index in [-0.39, 0.29) is 5.41 Å². The van der Waals surface area contributed by atoms with Gasteiger partial charge >= 0.3 is 0 Å². The molecule has 0 spiro atoms. The molecule has 214 valence electrons. The molecule has 7 aromatic carbocycles. The molecule has 0 saturated heterocycles. The normalized spacial score (nSPS) is 16.7. The molecule has 0 nitrogen and oxygen atoms in total. The highest BCUT2D eigenvalue weighted by molar-refractivity contribution is 6.13. The van der Waals surface area contributed by atoms with Crippen molar-refractivity contribution in [2.45, 2.75) is 19.3 Å². The molecule has 0 heteroatoms. The van der Waals surface area contributed by atoms with Crippen LogP contribution >= 0.6 is 0 Å². The number of rotatable bonds is 3. The average Bonchev–Trinajstić information content (AvgIpc) is 3.15. The molecule has 0 atom stereocenters. The summed E-state index contributed by atoms with van der Waals surface area (Å²) in [4.78, 5) is 0. The first-order valence-electron chi connectivity index (χ1n) is 15.8. The third-order valence-corrected chi connectivity index (χ3v) is 9.33. The van der Waals surface area contributed by atoms with Crippen molar-refractivity contribution in [2.24, 2.45) is 0 Å². The topological polar surface area (TPSA) is 0 Å². The average molecular weight is 575 g/mol. The van der Waals surface area contributed by atoms with E-state index in [1.54, 1.807) is 0 Å². The van der Waals surface area contributed by atoms with Crippen LogP contribution in [0.5, 0.6) is 0 Å². The molecule has 0 N–H and O–H groups in total. The van der Waals surface area contributed by atoms with Gasteiger partial charge in [0.1, 0.15) is 0 Å². The third-order valence-electron chi connectivity index (χ3n) is 9.33. The van der Waals surface area contributed by atoms with Crippen molar-refractivity contribution in [1.82, 2.24) is 0 Å². The van der Waals surface area contributed by atoms with Crippen LogP contribution in [0.3, 0.4) is 0 Å². The Morgan fingerprint density at radius 1 is 0.444 bits per heavy atom. The molecular weight excluding hydrogens is 540 g/mol. The van der Waals surface area contributed by atoms with Crippen LogP contribution in [-0.2, 0) is 5.41 Å². The molecule has 0 amide bonds. The standard InChI is InChI=1S/C45H34/c1-45(2)26-25-31(13-9-14-32-11-4-8-20-44(32)45)34-21-22-37-28-35(23-24-36(37)27-34)33-15-10-16-38(29-33)43-30-39-12-3-5-17-40(39)41-18-6-7-19-42(41)43/h3-30H,1-2H3/b14-9+,26-25+,31-13+. The highest BCUT2D eigenvalue weighted by atomic mass is 14.2. The summed E-state index contributed by atoms with van der Waals surface area (Å²) in [5, 5.41) is 7.64. The van der Waals surface area contributed by atoms with Crippen LogP contribution in [-0.4, -0.2) is 0 Å². The van der Waals surface area contributed by atoms with E-state index >= 15 is 0 Å². The lowest BCUT2D eigenvalue weighted by Crippen LogP contribution is -2.14. The number of benzene rings is 7. The lowest BCUT2D eigenvalue weighted by molar-refractivity contribution is 0.669. The van der Waals surface area contributed by atoms with Crippen molar-refractivity contribution in [3.63, 3.8) is 0 Å². The first kappa shape index (κ1) is 27.1. The Morgan fingerprint density at radius 3 is 1.98 bits per heavy atom. The van der Waals surface area contributed by atoms with Crippen molar-refractivity contribution < 1.29 is 0 Å². The molecule has 0 fully saturated rings. The maximum absolute atomic E-state index is 2.34. The van der Waals surface area contributed by atoms with Gasteiger partial charge in [0.2, 0.25) is 0 Å². The summed E-state index contributed by atoms with van der Waals surface area (Å²) in [6, 6.07) is 51.2. The van der Waals surface area contributed by atoms with Crippen LogP contribution < -0.4 is 0 Å². The van der Waals surface area contributed by atoms with Gasteiger partial charge in [-0.25, -0.2) is 0 Å². The monoisotopic (exact) mass is 574 g/mol. The highest BCUT2D eigenvalue weighted by Gasteiger charge is 2.20. The van der Waals surface area contributed by atoms with Crippen molar-refractivity contribution in [2.75, 3.05) is 0 Å². The second-order valence-electron chi connectivity index (χ2n) is 12.7. The van der Waals surface area contributed by atoms with Gasteiger partial charge in [-0.1, -0.05) is 159 Å². The number of allylic oxidation sites excluding steroid dienone is 5. The van der Waals surface area contributed by atoms with Gasteiger partial charge in [0.25, 0.3) is 0 Å². The smallest absolute Gasteiger partial charge is 0.00845 e. The summed E-state index contributed by atoms with van der Waals surface area (Å²) in [6.07, 6.45) is 11.3. The van der Waals surface area contributed by atoms with E-state index in [0.717, 1.165) is 0 Å². The van der Waals surface area contributed by atoms with Crippen LogP contribution in [0.1, 0.15) is 30.5 Å². The third kappa shape index (κ3) is 4.99. The molecule has 0 unspecified atom stereocenters. The maximum Gasteiger partial charge on any atom is 0.00845 e. The molecule has 0 aromatic heterocycles. The lowest BCUT2D eigenvalue weighted by atomic mass is 9.81. The number of hydrogen-bond donors (Lipinski definition) is 0. The van der Waals surface area contributed by atoms with Gasteiger partial charge in [-0.05, 0) is 101 Å². The fourth-order valence-electron chi connectivity index (χ4n) is 6.88. The maximum atomic E-state index is 2.34. The Kier molecular flexibility index (Phi) is 6.58. The minimum atomic E-state index is -0.0657. The second-order valence-corrected chi connectivity index (χ2v) is 12.7. The fourth-order valence-corrected chi connectivity index (χ4v) is 6.88. The Bertz CT molecular complexity index is 2340. The molecule has 7 aromatic rings. The zero-order valence-electron chi connectivity index (χ0n) is 25.7. The number of hydrogen-bond acceptors (Lipinski definition) is 0. The van der Waals surface area contributed by atoms with E-state index in [2.05, 4.69) is 184 Å². The van der Waals surface area contributed by atoms with Crippen molar-refractivity contribution in [1.29, 1.82) is 0 Å². The Labute approximate surface area is 265 Å². The molecule has 0 radical (unpaired) electrons. The molecular formula is C45H34. The van der Waals surface area contributed by atoms with E-state index in [1.807, 2.05) is 0 Å². The van der Waals surface area contributed by atoms with Crippen molar-refractivity contribution >= 4 is 44.0 Å². The van der Waals surface area contributed by atoms with Gasteiger partial charge in [0, 0.05) is 5.41 Å². The summed E-state index contributed by atoms with van der Waals surface area (Å²) >= 11 is 0. The molecule has 0 heterocycles. The second kappa shape index (κ2) is 10.9. The summed E-state index contributed by atoms with van der Waals surface area (Å²) in [5.41, 5.74) is 9.95. The van der Waals surface area contributed by atoms with Crippen LogP contribution in [0.2, 0.25) is 0 Å². The van der Waals surface area contributed by atoms with Gasteiger partial charge in [0.15, 0.2) is 0 Å². The zero-order valence-corrected chi connectivity index (χ0v) is 25.7. The summed E-state index contributed by atoms with van der Waals surface area (Å²) in [6.45, 7) is 4.58. The Hall–Kier alpha value is -5.46. The molecule has 8 rings (SSSR count). The van der Waals surface area contributed by atoms with Gasteiger partial charge in [0.05, 0.1) is 0 Å². The highest BCUT2D eigenvalue weighted by Crippen LogP contribution is 2.37. The lowest BCUT2D eigenvalue weighted by Gasteiger charge is -2.23. The predicted octanol–water partition coefficient (Wildman–Crippen LogP) is 12.4. The Balaban J connectivity index is 1.15. The summed E-state index contributed by atoms with van der Waals surface area (Å²) in [5.74, 6) is 0. The van der Waals surface area contributed by atoms with E-state index in [0.29, 0.717) is 0 Å². The Morgan fingerprint density at radius 2 is 1.11 bits per heavy atom. The first-order chi connectivity index (χ1) is 22.0. The van der Waals surface area contributed by atoms with Crippen molar-refractivity contribution in [3.8, 4) is 22.3 Å².